The lowest BCUT2D eigenvalue weighted by Gasteiger charge is -2.35. The summed E-state index contributed by atoms with van der Waals surface area (Å²) >= 11 is 0. The third kappa shape index (κ3) is 4.57. The molecule has 2 aromatic rings. The highest BCUT2D eigenvalue weighted by atomic mass is 16.5. The molecule has 1 fully saturated rings. The van der Waals surface area contributed by atoms with Gasteiger partial charge >= 0.3 is 0 Å². The maximum atomic E-state index is 12.1. The number of nitrogens with two attached hydrogens (primary N) is 1. The maximum absolute atomic E-state index is 12.1. The topological polar surface area (TPSA) is 128 Å². The Labute approximate surface area is 169 Å². The molecular weight excluding hydrogens is 370 g/mol. The number of aromatic nitrogens is 1. The first-order valence-corrected chi connectivity index (χ1v) is 9.40. The highest BCUT2D eigenvalue weighted by Gasteiger charge is 2.22. The molecule has 0 amide bonds. The largest absolute Gasteiger partial charge is 0.492 e. The minimum atomic E-state index is -0.624. The average molecular weight is 393 g/mol. The van der Waals surface area contributed by atoms with Gasteiger partial charge < -0.3 is 20.2 Å². The van der Waals surface area contributed by atoms with Crippen molar-refractivity contribution in [3.63, 3.8) is 0 Å². The molecule has 3 rings (SSSR count). The number of nitrogen functional groups attached to an aromatic ring is 1. The van der Waals surface area contributed by atoms with Crippen molar-refractivity contribution in [2.75, 3.05) is 32.0 Å². The Hall–Kier alpha value is -3.33. The molecule has 0 aliphatic carbocycles. The maximum Gasteiger partial charge on any atom is 0.268 e. The van der Waals surface area contributed by atoms with E-state index < -0.39 is 5.56 Å². The van der Waals surface area contributed by atoms with E-state index in [0.717, 1.165) is 19.6 Å². The predicted molar refractivity (Wildman–Crippen MR) is 108 cm³/mol. The van der Waals surface area contributed by atoms with Gasteiger partial charge in [0.25, 0.3) is 5.56 Å². The minimum Gasteiger partial charge on any atom is -0.492 e. The van der Waals surface area contributed by atoms with Crippen LogP contribution < -0.4 is 16.0 Å². The van der Waals surface area contributed by atoms with Crippen LogP contribution in [0.2, 0.25) is 0 Å². The first-order chi connectivity index (χ1) is 13.9. The van der Waals surface area contributed by atoms with Crippen molar-refractivity contribution in [1.29, 1.82) is 10.5 Å². The predicted octanol–water partition coefficient (Wildman–Crippen LogP) is 1.86. The van der Waals surface area contributed by atoms with Crippen molar-refractivity contribution in [3.05, 3.63) is 45.7 Å². The molecule has 1 aliphatic rings. The number of hydrogen-bond acceptors (Lipinski definition) is 7. The highest BCUT2D eigenvalue weighted by molar-refractivity contribution is 5.80. The summed E-state index contributed by atoms with van der Waals surface area (Å²) < 4.78 is 11.6. The van der Waals surface area contributed by atoms with Gasteiger partial charge in [0.1, 0.15) is 41.4 Å². The van der Waals surface area contributed by atoms with E-state index in [2.05, 4.69) is 23.7 Å². The molecule has 150 valence electrons. The van der Waals surface area contributed by atoms with E-state index in [9.17, 15) is 15.3 Å². The van der Waals surface area contributed by atoms with Gasteiger partial charge in [-0.2, -0.15) is 10.5 Å². The van der Waals surface area contributed by atoms with Gasteiger partial charge in [0.15, 0.2) is 0 Å². The van der Waals surface area contributed by atoms with Gasteiger partial charge in [-0.3, -0.25) is 9.69 Å². The van der Waals surface area contributed by atoms with Crippen molar-refractivity contribution in [2.45, 2.75) is 26.1 Å². The normalized spacial score (nSPS) is 19.3. The molecule has 1 aliphatic heterocycles. The highest BCUT2D eigenvalue weighted by Crippen LogP contribution is 2.30. The molecule has 0 bridgehead atoms. The first kappa shape index (κ1) is 20.4. The summed E-state index contributed by atoms with van der Waals surface area (Å²) in [5, 5.41) is 18.9. The summed E-state index contributed by atoms with van der Waals surface area (Å²) in [5.41, 5.74) is 5.82. The van der Waals surface area contributed by atoms with Crippen LogP contribution in [0.25, 0.3) is 11.1 Å². The summed E-state index contributed by atoms with van der Waals surface area (Å²) in [6.07, 6.45) is 0.384. The van der Waals surface area contributed by atoms with Crippen molar-refractivity contribution < 1.29 is 9.47 Å². The molecule has 2 unspecified atom stereocenters. The molecule has 1 aromatic heterocycles. The van der Waals surface area contributed by atoms with Crippen molar-refractivity contribution in [1.82, 2.24) is 9.88 Å². The van der Waals surface area contributed by atoms with Gasteiger partial charge in [-0.15, -0.1) is 0 Å². The van der Waals surface area contributed by atoms with E-state index in [4.69, 9.17) is 15.2 Å². The number of benzene rings is 1. The van der Waals surface area contributed by atoms with Gasteiger partial charge in [0.05, 0.1) is 12.2 Å². The molecule has 2 heterocycles. The zero-order valence-corrected chi connectivity index (χ0v) is 16.4. The van der Waals surface area contributed by atoms with Crippen LogP contribution in [0.5, 0.6) is 5.75 Å². The molecule has 0 saturated carbocycles. The van der Waals surface area contributed by atoms with Crippen molar-refractivity contribution >= 4 is 5.82 Å². The van der Waals surface area contributed by atoms with Gasteiger partial charge in [-0.05, 0) is 31.5 Å². The Morgan fingerprint density at radius 1 is 1.24 bits per heavy atom. The Morgan fingerprint density at radius 2 is 1.93 bits per heavy atom. The third-order valence-electron chi connectivity index (χ3n) is 4.76. The number of nitrogens with one attached hydrogen (secondary N) is 1. The zero-order valence-electron chi connectivity index (χ0n) is 16.4. The van der Waals surface area contributed by atoms with Crippen molar-refractivity contribution in [3.8, 4) is 29.0 Å². The summed E-state index contributed by atoms with van der Waals surface area (Å²) in [6, 6.07) is 10.8. The molecular formula is C21H23N5O3. The lowest BCUT2D eigenvalue weighted by atomic mass is 9.96. The number of aromatic amines is 1. The molecule has 1 saturated heterocycles. The van der Waals surface area contributed by atoms with Crippen LogP contribution in [-0.2, 0) is 4.74 Å². The second-order valence-corrected chi connectivity index (χ2v) is 7.11. The quantitative estimate of drug-likeness (QED) is 0.793. The number of anilines is 1. The Morgan fingerprint density at radius 3 is 2.59 bits per heavy atom. The van der Waals surface area contributed by atoms with Crippen LogP contribution in [-0.4, -0.2) is 48.3 Å². The zero-order chi connectivity index (χ0) is 21.0. The summed E-state index contributed by atoms with van der Waals surface area (Å²) in [4.78, 5) is 16.7. The first-order valence-electron chi connectivity index (χ1n) is 9.40. The summed E-state index contributed by atoms with van der Waals surface area (Å²) in [5.74, 6) is 0.525. The van der Waals surface area contributed by atoms with Crippen LogP contribution >= 0.6 is 0 Å². The van der Waals surface area contributed by atoms with Crippen LogP contribution in [0.4, 0.5) is 5.82 Å². The van der Waals surface area contributed by atoms with E-state index in [0.29, 0.717) is 17.9 Å². The fourth-order valence-corrected chi connectivity index (χ4v) is 3.63. The van der Waals surface area contributed by atoms with Gasteiger partial charge in [0.2, 0.25) is 0 Å². The van der Waals surface area contributed by atoms with E-state index in [-0.39, 0.29) is 34.7 Å². The number of nitriles is 2. The van der Waals surface area contributed by atoms with Crippen LogP contribution in [0, 0.1) is 22.7 Å². The van der Waals surface area contributed by atoms with Crippen LogP contribution in [0.1, 0.15) is 25.0 Å². The molecule has 3 N–H and O–H groups in total. The molecule has 1 aromatic carbocycles. The van der Waals surface area contributed by atoms with E-state index in [1.54, 1.807) is 24.3 Å². The second kappa shape index (κ2) is 8.78. The van der Waals surface area contributed by atoms with E-state index >= 15 is 0 Å². The van der Waals surface area contributed by atoms with Crippen molar-refractivity contribution in [2.24, 2.45) is 0 Å². The van der Waals surface area contributed by atoms with E-state index in [1.807, 2.05) is 12.1 Å². The lowest BCUT2D eigenvalue weighted by molar-refractivity contribution is -0.0699. The van der Waals surface area contributed by atoms with Crippen LogP contribution in [0.3, 0.4) is 0 Å². The fraction of sp³-hybridized carbons (Fsp3) is 0.381. The Bertz CT molecular complexity index is 1020. The minimum absolute atomic E-state index is 0.0617. The van der Waals surface area contributed by atoms with Gasteiger partial charge in [-0.1, -0.05) is 12.1 Å². The number of rotatable bonds is 5. The average Bonchev–Trinajstić information content (AvgIpc) is 2.67. The number of H-pyrrole nitrogens is 1. The standard InChI is InChI=1S/C21H23N5O3/c1-13-11-26(12-14(2)29-13)6-7-28-16-5-3-4-15(8-16)19-17(9-22)20(24)25-21(27)18(19)10-23/h3-5,8,13-14H,6-7,11-12H2,1-2H3,(H3,24,25,27). The monoisotopic (exact) mass is 393 g/mol. The SMILES string of the molecule is CC1CN(CCOc2cccc(-c3c(C#N)c(N)[nH]c(=O)c3C#N)c2)CC(C)O1. The number of nitrogens with zero attached hydrogens (tertiary/aromatic N) is 3. The molecule has 29 heavy (non-hydrogen) atoms. The number of hydrogen-bond donors (Lipinski definition) is 2. The Kier molecular flexibility index (Phi) is 6.18. The number of ether oxygens (including phenoxy) is 2. The lowest BCUT2D eigenvalue weighted by Crippen LogP contribution is -2.46. The summed E-state index contributed by atoms with van der Waals surface area (Å²) in [7, 11) is 0. The van der Waals surface area contributed by atoms with Crippen LogP contribution in [0.15, 0.2) is 29.1 Å². The number of pyridine rings is 1. The molecule has 0 radical (unpaired) electrons. The summed E-state index contributed by atoms with van der Waals surface area (Å²) in [6.45, 7) is 7.07. The molecule has 8 heteroatoms. The van der Waals surface area contributed by atoms with Gasteiger partial charge in [-0.25, -0.2) is 0 Å². The Balaban J connectivity index is 1.80. The molecule has 0 spiro atoms. The van der Waals surface area contributed by atoms with Gasteiger partial charge in [0, 0.05) is 25.2 Å². The number of morpholine rings is 1. The fourth-order valence-electron chi connectivity index (χ4n) is 3.63. The van der Waals surface area contributed by atoms with E-state index in [1.165, 1.54) is 0 Å². The molecule has 2 atom stereocenters. The smallest absolute Gasteiger partial charge is 0.268 e. The molecule has 8 nitrogen and oxygen atoms in total. The third-order valence-corrected chi connectivity index (χ3v) is 4.76. The second-order valence-electron chi connectivity index (χ2n) is 7.11.